The third-order valence-corrected chi connectivity index (χ3v) is 1.89. The molecule has 0 bridgehead atoms. The van der Waals surface area contributed by atoms with Gasteiger partial charge in [0.25, 0.3) is 0 Å². The smallest absolute Gasteiger partial charge is 0.408 e. The molecule has 96 valence electrons. The molecule has 0 aliphatic carbocycles. The summed E-state index contributed by atoms with van der Waals surface area (Å²) in [6.07, 6.45) is -3.54. The number of rotatable bonds is 3. The van der Waals surface area contributed by atoms with Crippen LogP contribution in [0, 0.1) is 5.82 Å². The number of hydrogen-bond donors (Lipinski definition) is 0. The monoisotopic (exact) mass is 261 g/mol. The molecule has 0 amide bonds. The molecule has 2 aromatic rings. The van der Waals surface area contributed by atoms with Crippen LogP contribution < -0.4 is 4.74 Å². The largest absolute Gasteiger partial charge is 0.420 e. The molecule has 2 rings (SSSR count). The summed E-state index contributed by atoms with van der Waals surface area (Å²) >= 11 is 0. The maximum absolute atomic E-state index is 13.2. The van der Waals surface area contributed by atoms with E-state index in [2.05, 4.69) is 10.1 Å². The van der Waals surface area contributed by atoms with Crippen molar-refractivity contribution in [2.24, 2.45) is 0 Å². The Morgan fingerprint density at radius 2 is 1.94 bits per heavy atom. The van der Waals surface area contributed by atoms with E-state index in [1.807, 2.05) is 0 Å². The summed E-state index contributed by atoms with van der Waals surface area (Å²) in [5.41, 5.74) is 0. The van der Waals surface area contributed by atoms with Crippen molar-refractivity contribution in [3.05, 3.63) is 36.4 Å². The number of para-hydroxylation sites is 1. The molecule has 0 spiro atoms. The Bertz CT molecular complexity index is 538. The minimum atomic E-state index is -4.40. The lowest BCUT2D eigenvalue weighted by Gasteiger charge is -2.04. The number of hydrogen-bond acceptors (Lipinski definition) is 3. The molecule has 18 heavy (non-hydrogen) atoms. The van der Waals surface area contributed by atoms with Gasteiger partial charge >= 0.3 is 12.2 Å². The van der Waals surface area contributed by atoms with E-state index < -0.39 is 18.5 Å². The highest BCUT2D eigenvalue weighted by molar-refractivity contribution is 5.26. The zero-order chi connectivity index (χ0) is 13.2. The fourth-order valence-corrected chi connectivity index (χ4v) is 1.21. The molecule has 1 aromatic carbocycles. The van der Waals surface area contributed by atoms with Crippen LogP contribution in [0.25, 0.3) is 0 Å². The molecule has 0 saturated heterocycles. The second kappa shape index (κ2) is 4.63. The van der Waals surface area contributed by atoms with Crippen LogP contribution in [0.1, 0.15) is 0 Å². The minimum absolute atomic E-state index is 0.151. The van der Waals surface area contributed by atoms with Gasteiger partial charge in [0.1, 0.15) is 12.9 Å². The van der Waals surface area contributed by atoms with Crippen molar-refractivity contribution >= 4 is 0 Å². The van der Waals surface area contributed by atoms with Gasteiger partial charge in [-0.05, 0) is 12.1 Å². The maximum atomic E-state index is 13.2. The summed E-state index contributed by atoms with van der Waals surface area (Å²) in [6, 6.07) is 5.11. The predicted octanol–water partition coefficient (Wildman–Crippen LogP) is 2.77. The number of halogens is 4. The topological polar surface area (TPSA) is 39.9 Å². The molecule has 4 nitrogen and oxygen atoms in total. The van der Waals surface area contributed by atoms with E-state index in [-0.39, 0.29) is 11.8 Å². The summed E-state index contributed by atoms with van der Waals surface area (Å²) in [4.78, 5) is 3.50. The normalized spacial score (nSPS) is 11.6. The fraction of sp³-hybridized carbons (Fsp3) is 0.200. The van der Waals surface area contributed by atoms with Crippen molar-refractivity contribution < 1.29 is 22.3 Å². The second-order valence-corrected chi connectivity index (χ2v) is 3.37. The van der Waals surface area contributed by atoms with Gasteiger partial charge in [-0.3, -0.25) is 0 Å². The first-order valence-electron chi connectivity index (χ1n) is 4.82. The van der Waals surface area contributed by atoms with Crippen LogP contribution in [0.4, 0.5) is 17.6 Å². The van der Waals surface area contributed by atoms with E-state index in [0.717, 1.165) is 12.4 Å². The number of alkyl halides is 3. The molecule has 0 saturated carbocycles. The molecule has 1 aromatic heterocycles. The molecular formula is C10H7F4N3O. The van der Waals surface area contributed by atoms with E-state index in [4.69, 9.17) is 4.74 Å². The zero-order valence-corrected chi connectivity index (χ0v) is 8.86. The molecule has 0 N–H and O–H groups in total. The van der Waals surface area contributed by atoms with Gasteiger partial charge in [-0.25, -0.2) is 9.07 Å². The Kier molecular flexibility index (Phi) is 3.17. The number of ether oxygens (including phenoxy) is 1. The van der Waals surface area contributed by atoms with Crippen molar-refractivity contribution in [2.45, 2.75) is 12.7 Å². The van der Waals surface area contributed by atoms with Crippen molar-refractivity contribution in [3.63, 3.8) is 0 Å². The molecule has 0 aliphatic rings. The summed E-state index contributed by atoms with van der Waals surface area (Å²) in [7, 11) is 0. The van der Waals surface area contributed by atoms with E-state index in [9.17, 15) is 17.6 Å². The summed E-state index contributed by atoms with van der Waals surface area (Å²) < 4.78 is 54.8. The Morgan fingerprint density at radius 3 is 2.61 bits per heavy atom. The molecule has 8 heteroatoms. The van der Waals surface area contributed by atoms with Gasteiger partial charge in [0.2, 0.25) is 0 Å². The minimum Gasteiger partial charge on any atom is -0.420 e. The highest BCUT2D eigenvalue weighted by atomic mass is 19.4. The lowest BCUT2D eigenvalue weighted by atomic mass is 10.3. The van der Waals surface area contributed by atoms with Gasteiger partial charge in [0.05, 0.1) is 0 Å². The average Bonchev–Trinajstić information content (AvgIpc) is 2.66. The molecule has 0 unspecified atom stereocenters. The molecule has 0 fully saturated rings. The van der Waals surface area contributed by atoms with Crippen LogP contribution in [0.5, 0.6) is 11.8 Å². The van der Waals surface area contributed by atoms with Gasteiger partial charge in [-0.1, -0.05) is 12.1 Å². The average molecular weight is 261 g/mol. The SMILES string of the molecule is Fc1ccccc1Oc1ncn(CC(F)(F)F)n1. The molecule has 0 atom stereocenters. The van der Waals surface area contributed by atoms with Crippen molar-refractivity contribution in [1.29, 1.82) is 0 Å². The lowest BCUT2D eigenvalue weighted by Crippen LogP contribution is -2.17. The van der Waals surface area contributed by atoms with Crippen LogP contribution in [-0.4, -0.2) is 20.9 Å². The van der Waals surface area contributed by atoms with Gasteiger partial charge in [-0.15, -0.1) is 5.10 Å². The quantitative estimate of drug-likeness (QED) is 0.797. The van der Waals surface area contributed by atoms with E-state index in [0.29, 0.717) is 4.68 Å². The van der Waals surface area contributed by atoms with Gasteiger partial charge in [0, 0.05) is 0 Å². The first kappa shape index (κ1) is 12.3. The third kappa shape index (κ3) is 3.19. The van der Waals surface area contributed by atoms with Crippen LogP contribution in [0.3, 0.4) is 0 Å². The third-order valence-electron chi connectivity index (χ3n) is 1.89. The first-order chi connectivity index (χ1) is 8.44. The van der Waals surface area contributed by atoms with Crippen LogP contribution in [0.15, 0.2) is 30.6 Å². The molecule has 0 aliphatic heterocycles. The van der Waals surface area contributed by atoms with Gasteiger partial charge < -0.3 is 4.74 Å². The van der Waals surface area contributed by atoms with E-state index in [1.165, 1.54) is 18.2 Å². The summed E-state index contributed by atoms with van der Waals surface area (Å²) in [5.74, 6) is -0.799. The van der Waals surface area contributed by atoms with Crippen molar-refractivity contribution in [2.75, 3.05) is 0 Å². The molecular weight excluding hydrogens is 254 g/mol. The Hall–Kier alpha value is -2.12. The lowest BCUT2D eigenvalue weighted by molar-refractivity contribution is -0.142. The zero-order valence-electron chi connectivity index (χ0n) is 8.86. The highest BCUT2D eigenvalue weighted by Crippen LogP contribution is 2.22. The Labute approximate surface area is 98.8 Å². The van der Waals surface area contributed by atoms with Crippen molar-refractivity contribution in [1.82, 2.24) is 14.8 Å². The Balaban J connectivity index is 2.10. The highest BCUT2D eigenvalue weighted by Gasteiger charge is 2.28. The van der Waals surface area contributed by atoms with Crippen LogP contribution in [0.2, 0.25) is 0 Å². The number of nitrogens with zero attached hydrogens (tertiary/aromatic N) is 3. The standard InChI is InChI=1S/C10H7F4N3O/c11-7-3-1-2-4-8(7)18-9-15-6-17(16-9)5-10(12,13)14/h1-4,6H,5H2. The number of aromatic nitrogens is 3. The van der Waals surface area contributed by atoms with Crippen molar-refractivity contribution in [3.8, 4) is 11.8 Å². The first-order valence-corrected chi connectivity index (χ1v) is 4.82. The fourth-order valence-electron chi connectivity index (χ4n) is 1.21. The van der Waals surface area contributed by atoms with Gasteiger partial charge in [0.15, 0.2) is 11.6 Å². The van der Waals surface area contributed by atoms with Crippen LogP contribution in [-0.2, 0) is 6.54 Å². The maximum Gasteiger partial charge on any atom is 0.408 e. The van der Waals surface area contributed by atoms with E-state index in [1.54, 1.807) is 0 Å². The summed E-state index contributed by atoms with van der Waals surface area (Å²) in [6.45, 7) is -1.28. The molecule has 0 radical (unpaired) electrons. The second-order valence-electron chi connectivity index (χ2n) is 3.37. The summed E-state index contributed by atoms with van der Waals surface area (Å²) in [5, 5.41) is 3.43. The van der Waals surface area contributed by atoms with E-state index >= 15 is 0 Å². The van der Waals surface area contributed by atoms with Gasteiger partial charge in [-0.2, -0.15) is 18.2 Å². The predicted molar refractivity (Wildman–Crippen MR) is 52.6 cm³/mol. The Morgan fingerprint density at radius 1 is 1.22 bits per heavy atom. The molecule has 1 heterocycles. The number of benzene rings is 1. The van der Waals surface area contributed by atoms with Crippen LogP contribution >= 0.6 is 0 Å².